The van der Waals surface area contributed by atoms with E-state index in [2.05, 4.69) is 15.5 Å². The summed E-state index contributed by atoms with van der Waals surface area (Å²) < 4.78 is 10.5. The standard InChI is InChI=1S/C14H17N3O3S/c1-4-5-12(18)15-14-17-16-13(21-14)9-6-7-10(19-2)11(8-9)20-3/h6-8H,4-5H2,1-3H3,(H,15,17,18). The molecule has 0 atom stereocenters. The fourth-order valence-electron chi connectivity index (χ4n) is 1.77. The van der Waals surface area contributed by atoms with Crippen molar-refractivity contribution in [3.05, 3.63) is 18.2 Å². The molecular formula is C14H17N3O3S. The molecule has 7 heteroatoms. The van der Waals surface area contributed by atoms with Gasteiger partial charge in [0, 0.05) is 12.0 Å². The van der Waals surface area contributed by atoms with Crippen molar-refractivity contribution in [1.29, 1.82) is 0 Å². The van der Waals surface area contributed by atoms with E-state index < -0.39 is 0 Å². The number of hydrogen-bond acceptors (Lipinski definition) is 6. The van der Waals surface area contributed by atoms with Crippen LogP contribution >= 0.6 is 11.3 Å². The number of nitrogens with one attached hydrogen (secondary N) is 1. The molecule has 2 rings (SSSR count). The summed E-state index contributed by atoms with van der Waals surface area (Å²) in [4.78, 5) is 11.5. The maximum Gasteiger partial charge on any atom is 0.226 e. The highest BCUT2D eigenvalue weighted by molar-refractivity contribution is 7.18. The SMILES string of the molecule is CCCC(=O)Nc1nnc(-c2ccc(OC)c(OC)c2)s1. The molecule has 112 valence electrons. The van der Waals surface area contributed by atoms with E-state index in [1.165, 1.54) is 11.3 Å². The summed E-state index contributed by atoms with van der Waals surface area (Å²) in [7, 11) is 3.17. The van der Waals surface area contributed by atoms with Gasteiger partial charge in [-0.25, -0.2) is 0 Å². The van der Waals surface area contributed by atoms with E-state index in [1.54, 1.807) is 14.2 Å². The zero-order valence-corrected chi connectivity index (χ0v) is 13.0. The van der Waals surface area contributed by atoms with Gasteiger partial charge in [-0.1, -0.05) is 18.3 Å². The first-order valence-electron chi connectivity index (χ1n) is 6.53. The van der Waals surface area contributed by atoms with Crippen LogP contribution in [0, 0.1) is 0 Å². The number of amides is 1. The number of benzene rings is 1. The minimum Gasteiger partial charge on any atom is -0.493 e. The second-order valence-corrected chi connectivity index (χ2v) is 5.26. The van der Waals surface area contributed by atoms with E-state index >= 15 is 0 Å². The van der Waals surface area contributed by atoms with Crippen LogP contribution in [0.3, 0.4) is 0 Å². The number of rotatable bonds is 6. The molecule has 1 amide bonds. The average Bonchev–Trinajstić information content (AvgIpc) is 2.95. The van der Waals surface area contributed by atoms with Gasteiger partial charge in [0.25, 0.3) is 0 Å². The van der Waals surface area contributed by atoms with Crippen LogP contribution in [0.1, 0.15) is 19.8 Å². The number of nitrogens with zero attached hydrogens (tertiary/aromatic N) is 2. The van der Waals surface area contributed by atoms with E-state index in [1.807, 2.05) is 25.1 Å². The molecule has 6 nitrogen and oxygen atoms in total. The van der Waals surface area contributed by atoms with E-state index in [0.717, 1.165) is 12.0 Å². The molecule has 0 radical (unpaired) electrons. The molecule has 21 heavy (non-hydrogen) atoms. The maximum atomic E-state index is 11.5. The lowest BCUT2D eigenvalue weighted by Gasteiger charge is -2.07. The second-order valence-electron chi connectivity index (χ2n) is 4.28. The molecule has 1 aromatic heterocycles. The Morgan fingerprint density at radius 2 is 2.00 bits per heavy atom. The van der Waals surface area contributed by atoms with Crippen molar-refractivity contribution in [2.24, 2.45) is 0 Å². The summed E-state index contributed by atoms with van der Waals surface area (Å²) in [5.41, 5.74) is 0.862. The number of hydrogen-bond donors (Lipinski definition) is 1. The molecule has 1 aromatic carbocycles. The molecular weight excluding hydrogens is 290 g/mol. The minimum atomic E-state index is -0.0486. The molecule has 0 fully saturated rings. The Kier molecular flexibility index (Phi) is 5.10. The van der Waals surface area contributed by atoms with Gasteiger partial charge in [-0.3, -0.25) is 4.79 Å². The van der Waals surface area contributed by atoms with Gasteiger partial charge in [0.2, 0.25) is 11.0 Å². The highest BCUT2D eigenvalue weighted by atomic mass is 32.1. The van der Waals surface area contributed by atoms with Crippen LogP contribution in [0.25, 0.3) is 10.6 Å². The van der Waals surface area contributed by atoms with Crippen LogP contribution in [-0.2, 0) is 4.79 Å². The largest absolute Gasteiger partial charge is 0.493 e. The third kappa shape index (κ3) is 3.69. The van der Waals surface area contributed by atoms with Crippen molar-refractivity contribution in [1.82, 2.24) is 10.2 Å². The lowest BCUT2D eigenvalue weighted by molar-refractivity contribution is -0.116. The van der Waals surface area contributed by atoms with Crippen LogP contribution in [0.5, 0.6) is 11.5 Å². The summed E-state index contributed by atoms with van der Waals surface area (Å²) in [5, 5.41) is 12.0. The Labute approximate surface area is 127 Å². The highest BCUT2D eigenvalue weighted by Gasteiger charge is 2.12. The van der Waals surface area contributed by atoms with E-state index in [-0.39, 0.29) is 5.91 Å². The van der Waals surface area contributed by atoms with E-state index in [4.69, 9.17) is 9.47 Å². The van der Waals surface area contributed by atoms with Gasteiger partial charge in [-0.15, -0.1) is 10.2 Å². The number of ether oxygens (including phenoxy) is 2. The maximum absolute atomic E-state index is 11.5. The first-order valence-corrected chi connectivity index (χ1v) is 7.35. The quantitative estimate of drug-likeness (QED) is 0.888. The van der Waals surface area contributed by atoms with Crippen molar-refractivity contribution >= 4 is 22.4 Å². The van der Waals surface area contributed by atoms with Crippen LogP contribution in [0.4, 0.5) is 5.13 Å². The predicted octanol–water partition coefficient (Wildman–Crippen LogP) is 2.96. The van der Waals surface area contributed by atoms with E-state index in [9.17, 15) is 4.79 Å². The molecule has 0 aliphatic heterocycles. The number of carbonyl (C=O) groups excluding carboxylic acids is 1. The summed E-state index contributed by atoms with van der Waals surface area (Å²) in [6, 6.07) is 5.52. The molecule has 0 bridgehead atoms. The van der Waals surface area contributed by atoms with Gasteiger partial charge in [0.05, 0.1) is 14.2 Å². The predicted molar refractivity (Wildman–Crippen MR) is 82.0 cm³/mol. The smallest absolute Gasteiger partial charge is 0.226 e. The molecule has 1 N–H and O–H groups in total. The fourth-order valence-corrected chi connectivity index (χ4v) is 2.52. The molecule has 2 aromatic rings. The molecule has 0 saturated heterocycles. The topological polar surface area (TPSA) is 73.3 Å². The Balaban J connectivity index is 2.19. The summed E-state index contributed by atoms with van der Waals surface area (Å²) in [6.07, 6.45) is 1.28. The Hall–Kier alpha value is -2.15. The Morgan fingerprint density at radius 1 is 1.24 bits per heavy atom. The third-order valence-electron chi connectivity index (χ3n) is 2.78. The Bertz CT molecular complexity index is 628. The fraction of sp³-hybridized carbons (Fsp3) is 0.357. The van der Waals surface area contributed by atoms with Crippen molar-refractivity contribution in [2.75, 3.05) is 19.5 Å². The van der Waals surface area contributed by atoms with Crippen LogP contribution < -0.4 is 14.8 Å². The average molecular weight is 307 g/mol. The van der Waals surface area contributed by atoms with Crippen LogP contribution in [-0.4, -0.2) is 30.3 Å². The molecule has 0 unspecified atom stereocenters. The summed E-state index contributed by atoms with van der Waals surface area (Å²) in [5.74, 6) is 1.23. The summed E-state index contributed by atoms with van der Waals surface area (Å²) >= 11 is 1.32. The zero-order chi connectivity index (χ0) is 15.2. The first kappa shape index (κ1) is 15.2. The number of methoxy groups -OCH3 is 2. The van der Waals surface area contributed by atoms with Crippen LogP contribution in [0.15, 0.2) is 18.2 Å². The third-order valence-corrected chi connectivity index (χ3v) is 3.67. The number of carbonyl (C=O) groups is 1. The number of anilines is 1. The molecule has 1 heterocycles. The lowest BCUT2D eigenvalue weighted by atomic mass is 10.2. The molecule has 0 saturated carbocycles. The summed E-state index contributed by atoms with van der Waals surface area (Å²) in [6.45, 7) is 1.95. The van der Waals surface area contributed by atoms with Crippen molar-refractivity contribution in [2.45, 2.75) is 19.8 Å². The van der Waals surface area contributed by atoms with Gasteiger partial charge < -0.3 is 14.8 Å². The minimum absolute atomic E-state index is 0.0486. The molecule has 0 aliphatic rings. The van der Waals surface area contributed by atoms with Gasteiger partial charge in [-0.2, -0.15) is 0 Å². The van der Waals surface area contributed by atoms with Crippen molar-refractivity contribution in [3.63, 3.8) is 0 Å². The monoisotopic (exact) mass is 307 g/mol. The Morgan fingerprint density at radius 3 is 2.67 bits per heavy atom. The lowest BCUT2D eigenvalue weighted by Crippen LogP contribution is -2.10. The van der Waals surface area contributed by atoms with Crippen molar-refractivity contribution in [3.8, 4) is 22.1 Å². The molecule has 0 spiro atoms. The number of aromatic nitrogens is 2. The first-order chi connectivity index (χ1) is 10.2. The van der Waals surface area contributed by atoms with Gasteiger partial charge >= 0.3 is 0 Å². The highest BCUT2D eigenvalue weighted by Crippen LogP contribution is 2.34. The second kappa shape index (κ2) is 7.03. The van der Waals surface area contributed by atoms with Crippen LogP contribution in [0.2, 0.25) is 0 Å². The zero-order valence-electron chi connectivity index (χ0n) is 12.2. The van der Waals surface area contributed by atoms with Gasteiger partial charge in [0.1, 0.15) is 5.01 Å². The normalized spacial score (nSPS) is 10.2. The molecule has 0 aliphatic carbocycles. The van der Waals surface area contributed by atoms with Gasteiger partial charge in [0.15, 0.2) is 11.5 Å². The van der Waals surface area contributed by atoms with E-state index in [0.29, 0.717) is 28.1 Å². The van der Waals surface area contributed by atoms with Gasteiger partial charge in [-0.05, 0) is 24.6 Å². The van der Waals surface area contributed by atoms with Crippen molar-refractivity contribution < 1.29 is 14.3 Å².